The third-order valence-electron chi connectivity index (χ3n) is 1.23. The SMILES string of the molecule is CC(=CC(C)C(=O)O)C(=O)O. The first-order valence-electron chi connectivity index (χ1n) is 3.09. The van der Waals surface area contributed by atoms with Crippen molar-refractivity contribution in [3.63, 3.8) is 0 Å². The average molecular weight is 158 g/mol. The van der Waals surface area contributed by atoms with Crippen LogP contribution < -0.4 is 0 Å². The molecule has 0 aromatic carbocycles. The lowest BCUT2D eigenvalue weighted by Crippen LogP contribution is -2.08. The first-order valence-corrected chi connectivity index (χ1v) is 3.09. The molecule has 2 N–H and O–H groups in total. The van der Waals surface area contributed by atoms with Crippen LogP contribution >= 0.6 is 0 Å². The fourth-order valence-electron chi connectivity index (χ4n) is 0.518. The van der Waals surface area contributed by atoms with Crippen LogP contribution in [-0.2, 0) is 9.59 Å². The van der Waals surface area contributed by atoms with E-state index in [1.807, 2.05) is 0 Å². The average Bonchev–Trinajstić information content (AvgIpc) is 1.87. The standard InChI is InChI=1S/C7H10O4/c1-4(6(8)9)3-5(2)7(10)11/h3-4H,1-2H3,(H,8,9)(H,10,11). The zero-order chi connectivity index (χ0) is 9.02. The number of rotatable bonds is 3. The highest BCUT2D eigenvalue weighted by atomic mass is 16.4. The van der Waals surface area contributed by atoms with Crippen molar-refractivity contribution in [1.29, 1.82) is 0 Å². The topological polar surface area (TPSA) is 74.6 Å². The largest absolute Gasteiger partial charge is 0.481 e. The molecule has 62 valence electrons. The number of hydrogen-bond donors (Lipinski definition) is 2. The van der Waals surface area contributed by atoms with E-state index < -0.39 is 17.9 Å². The van der Waals surface area contributed by atoms with E-state index in [2.05, 4.69) is 0 Å². The molecule has 0 aliphatic heterocycles. The van der Waals surface area contributed by atoms with Crippen molar-refractivity contribution in [3.05, 3.63) is 11.6 Å². The summed E-state index contributed by atoms with van der Waals surface area (Å²) in [5, 5.41) is 16.7. The first-order chi connectivity index (χ1) is 4.95. The molecule has 0 amide bonds. The normalized spacial score (nSPS) is 14.2. The maximum Gasteiger partial charge on any atom is 0.330 e. The summed E-state index contributed by atoms with van der Waals surface area (Å²) < 4.78 is 0. The van der Waals surface area contributed by atoms with E-state index in [4.69, 9.17) is 10.2 Å². The number of carboxylic acids is 2. The van der Waals surface area contributed by atoms with Crippen LogP contribution in [0.4, 0.5) is 0 Å². The second-order valence-electron chi connectivity index (χ2n) is 2.28. The van der Waals surface area contributed by atoms with Crippen molar-refractivity contribution < 1.29 is 19.8 Å². The van der Waals surface area contributed by atoms with Gasteiger partial charge in [-0.25, -0.2) is 4.79 Å². The molecule has 0 radical (unpaired) electrons. The summed E-state index contributed by atoms with van der Waals surface area (Å²) in [5.41, 5.74) is 0.0555. The maximum absolute atomic E-state index is 10.2. The van der Waals surface area contributed by atoms with Gasteiger partial charge in [-0.3, -0.25) is 4.79 Å². The van der Waals surface area contributed by atoms with Crippen LogP contribution in [0.15, 0.2) is 11.6 Å². The van der Waals surface area contributed by atoms with Crippen LogP contribution in [-0.4, -0.2) is 22.2 Å². The van der Waals surface area contributed by atoms with Gasteiger partial charge in [0.15, 0.2) is 0 Å². The molecule has 0 fully saturated rings. The van der Waals surface area contributed by atoms with E-state index in [1.165, 1.54) is 19.9 Å². The molecule has 0 aliphatic carbocycles. The molecule has 11 heavy (non-hydrogen) atoms. The fourth-order valence-corrected chi connectivity index (χ4v) is 0.518. The first kappa shape index (κ1) is 9.68. The Balaban J connectivity index is 4.31. The van der Waals surface area contributed by atoms with Gasteiger partial charge in [0.2, 0.25) is 0 Å². The summed E-state index contributed by atoms with van der Waals surface area (Å²) >= 11 is 0. The second-order valence-corrected chi connectivity index (χ2v) is 2.28. The number of hydrogen-bond acceptors (Lipinski definition) is 2. The van der Waals surface area contributed by atoms with E-state index in [9.17, 15) is 9.59 Å². The summed E-state index contributed by atoms with van der Waals surface area (Å²) in [6.45, 7) is 2.79. The van der Waals surface area contributed by atoms with Crippen LogP contribution in [0.2, 0.25) is 0 Å². The van der Waals surface area contributed by atoms with E-state index in [-0.39, 0.29) is 5.57 Å². The van der Waals surface area contributed by atoms with Gasteiger partial charge in [0, 0.05) is 5.57 Å². The minimum atomic E-state index is -1.09. The van der Waals surface area contributed by atoms with Crippen LogP contribution in [0, 0.1) is 5.92 Å². The molecule has 4 heteroatoms. The number of carboxylic acid groups (broad SMARTS) is 2. The van der Waals surface area contributed by atoms with Crippen LogP contribution in [0.3, 0.4) is 0 Å². The minimum Gasteiger partial charge on any atom is -0.481 e. The molecular formula is C7H10O4. The Kier molecular flexibility index (Phi) is 3.30. The Labute approximate surface area is 64.2 Å². The van der Waals surface area contributed by atoms with Crippen molar-refractivity contribution >= 4 is 11.9 Å². The molecule has 0 saturated heterocycles. The van der Waals surface area contributed by atoms with Crippen LogP contribution in [0.5, 0.6) is 0 Å². The van der Waals surface area contributed by atoms with Crippen LogP contribution in [0.1, 0.15) is 13.8 Å². The van der Waals surface area contributed by atoms with E-state index in [1.54, 1.807) is 0 Å². The molecule has 1 unspecified atom stereocenters. The molecule has 0 spiro atoms. The zero-order valence-corrected chi connectivity index (χ0v) is 6.37. The lowest BCUT2D eigenvalue weighted by molar-refractivity contribution is -0.139. The van der Waals surface area contributed by atoms with Gasteiger partial charge in [-0.15, -0.1) is 0 Å². The minimum absolute atomic E-state index is 0.0555. The van der Waals surface area contributed by atoms with Crippen molar-refractivity contribution in [2.75, 3.05) is 0 Å². The van der Waals surface area contributed by atoms with Gasteiger partial charge < -0.3 is 10.2 Å². The summed E-state index contributed by atoms with van der Waals surface area (Å²) in [4.78, 5) is 20.4. The quantitative estimate of drug-likeness (QED) is 0.594. The molecule has 0 aliphatic rings. The van der Waals surface area contributed by atoms with E-state index in [0.717, 1.165) is 0 Å². The Hall–Kier alpha value is -1.32. The molecule has 4 nitrogen and oxygen atoms in total. The third kappa shape index (κ3) is 3.40. The van der Waals surface area contributed by atoms with Gasteiger partial charge in [-0.1, -0.05) is 6.08 Å². The zero-order valence-electron chi connectivity index (χ0n) is 6.37. The molecule has 0 rings (SSSR count). The van der Waals surface area contributed by atoms with E-state index >= 15 is 0 Å². The van der Waals surface area contributed by atoms with Gasteiger partial charge >= 0.3 is 11.9 Å². The smallest absolute Gasteiger partial charge is 0.330 e. The number of aliphatic carboxylic acids is 2. The van der Waals surface area contributed by atoms with Crippen LogP contribution in [0.25, 0.3) is 0 Å². The summed E-state index contributed by atoms with van der Waals surface area (Å²) in [5.74, 6) is -2.85. The molecule has 0 saturated carbocycles. The Morgan fingerprint density at radius 3 is 2.09 bits per heavy atom. The fraction of sp³-hybridized carbons (Fsp3) is 0.429. The monoisotopic (exact) mass is 158 g/mol. The summed E-state index contributed by atoms with van der Waals surface area (Å²) in [6.07, 6.45) is 1.20. The maximum atomic E-state index is 10.2. The van der Waals surface area contributed by atoms with Crippen molar-refractivity contribution in [1.82, 2.24) is 0 Å². The van der Waals surface area contributed by atoms with Crippen molar-refractivity contribution in [3.8, 4) is 0 Å². The predicted octanol–water partition coefficient (Wildman–Crippen LogP) is 0.738. The Bertz CT molecular complexity index is 204. The van der Waals surface area contributed by atoms with E-state index in [0.29, 0.717) is 0 Å². The van der Waals surface area contributed by atoms with Crippen molar-refractivity contribution in [2.45, 2.75) is 13.8 Å². The van der Waals surface area contributed by atoms with Gasteiger partial charge in [0.1, 0.15) is 0 Å². The molecule has 0 aromatic heterocycles. The molecule has 0 heterocycles. The highest BCUT2D eigenvalue weighted by molar-refractivity contribution is 5.87. The Morgan fingerprint density at radius 2 is 1.82 bits per heavy atom. The van der Waals surface area contributed by atoms with Gasteiger partial charge in [-0.2, -0.15) is 0 Å². The Morgan fingerprint density at radius 1 is 1.36 bits per heavy atom. The predicted molar refractivity (Wildman–Crippen MR) is 38.2 cm³/mol. The van der Waals surface area contributed by atoms with Crippen molar-refractivity contribution in [2.24, 2.45) is 5.92 Å². The number of carbonyl (C=O) groups is 2. The lowest BCUT2D eigenvalue weighted by atomic mass is 10.1. The third-order valence-corrected chi connectivity index (χ3v) is 1.23. The molecular weight excluding hydrogens is 148 g/mol. The highest BCUT2D eigenvalue weighted by Crippen LogP contribution is 2.02. The van der Waals surface area contributed by atoms with Gasteiger partial charge in [0.05, 0.1) is 5.92 Å². The second kappa shape index (κ2) is 3.75. The van der Waals surface area contributed by atoms with Gasteiger partial charge in [0.25, 0.3) is 0 Å². The highest BCUT2D eigenvalue weighted by Gasteiger charge is 2.09. The molecule has 0 bridgehead atoms. The molecule has 0 aromatic rings. The molecule has 1 atom stereocenters. The summed E-state index contributed by atoms with van der Waals surface area (Å²) in [7, 11) is 0. The van der Waals surface area contributed by atoms with Gasteiger partial charge in [-0.05, 0) is 13.8 Å². The lowest BCUT2D eigenvalue weighted by Gasteiger charge is -1.98. The summed E-state index contributed by atoms with van der Waals surface area (Å²) in [6, 6.07) is 0.